The van der Waals surface area contributed by atoms with Crippen LogP contribution in [0.3, 0.4) is 0 Å². The largest absolute Gasteiger partial charge is 0.309 e. The fourth-order valence-electron chi connectivity index (χ4n) is 6.52. The molecule has 40 heavy (non-hydrogen) atoms. The number of hydrogen-bond acceptors (Lipinski definition) is 1. The molecule has 0 unspecified atom stereocenters. The second kappa shape index (κ2) is 8.05. The molecule has 0 atom stereocenters. The summed E-state index contributed by atoms with van der Waals surface area (Å²) in [5.41, 5.74) is 8.09. The van der Waals surface area contributed by atoms with E-state index in [4.69, 9.17) is 4.98 Å². The predicted molar refractivity (Wildman–Crippen MR) is 167 cm³/mol. The number of pyridine rings is 2. The third-order valence-corrected chi connectivity index (χ3v) is 8.27. The minimum Gasteiger partial charge on any atom is -0.309 e. The molecule has 0 fully saturated rings. The first kappa shape index (κ1) is 21.5. The Morgan fingerprint density at radius 1 is 0.400 bits per heavy atom. The number of aromatic nitrogens is 3. The molecule has 4 heterocycles. The van der Waals surface area contributed by atoms with E-state index in [0.717, 1.165) is 28.1 Å². The minimum absolute atomic E-state index is 0.920. The summed E-state index contributed by atoms with van der Waals surface area (Å²) >= 11 is 0. The molecule has 0 aliphatic heterocycles. The first-order chi connectivity index (χ1) is 19.8. The molecule has 186 valence electrons. The molecule has 3 nitrogen and oxygen atoms in total. The molecular formula is C37H23N3. The van der Waals surface area contributed by atoms with Gasteiger partial charge in [-0.3, -0.25) is 4.57 Å². The molecule has 0 aliphatic rings. The number of hydrogen-bond donors (Lipinski definition) is 0. The molecule has 0 saturated carbocycles. The Balaban J connectivity index is 1.46. The molecule has 0 N–H and O–H groups in total. The van der Waals surface area contributed by atoms with E-state index in [1.54, 1.807) is 0 Å². The lowest BCUT2D eigenvalue weighted by atomic mass is 10.0. The Hall–Kier alpha value is -5.41. The smallest absolute Gasteiger partial charge is 0.138 e. The summed E-state index contributed by atoms with van der Waals surface area (Å²) in [5.74, 6) is 0.920. The van der Waals surface area contributed by atoms with Gasteiger partial charge in [-0.25, -0.2) is 4.98 Å². The van der Waals surface area contributed by atoms with E-state index in [0.29, 0.717) is 0 Å². The van der Waals surface area contributed by atoms with Crippen LogP contribution < -0.4 is 0 Å². The van der Waals surface area contributed by atoms with Gasteiger partial charge in [-0.1, -0.05) is 97.1 Å². The zero-order valence-electron chi connectivity index (χ0n) is 21.6. The highest BCUT2D eigenvalue weighted by Crippen LogP contribution is 2.39. The lowest BCUT2D eigenvalue weighted by Gasteiger charge is -2.12. The number of para-hydroxylation sites is 2. The topological polar surface area (TPSA) is 22.2 Å². The van der Waals surface area contributed by atoms with Gasteiger partial charge in [0.1, 0.15) is 5.82 Å². The Bertz CT molecular complexity index is 2430. The van der Waals surface area contributed by atoms with Crippen LogP contribution in [0.2, 0.25) is 0 Å². The Morgan fingerprint density at radius 2 is 1.02 bits per heavy atom. The zero-order chi connectivity index (χ0) is 26.2. The van der Waals surface area contributed by atoms with Crippen molar-refractivity contribution in [2.75, 3.05) is 0 Å². The van der Waals surface area contributed by atoms with Crippen LogP contribution in [0.4, 0.5) is 0 Å². The molecule has 0 aliphatic carbocycles. The number of benzene rings is 5. The first-order valence-electron chi connectivity index (χ1n) is 13.7. The molecule has 0 radical (unpaired) electrons. The fraction of sp³-hybridized carbons (Fsp3) is 0. The molecule has 0 spiro atoms. The molecule has 0 saturated heterocycles. The standard InChI is InChI=1S/C37H23N3/c1-2-11-24(12-3-1)31-17-10-20-37(38-31)40-33-19-9-7-16-28(33)30-23-35-29(22-36(30)40)26-14-5-6-15-27(26)34-21-25-13-4-8-18-32(25)39(34)35/h1-23H. The number of rotatable bonds is 2. The van der Waals surface area contributed by atoms with Crippen LogP contribution in [0.25, 0.3) is 77.0 Å². The highest BCUT2D eigenvalue weighted by atomic mass is 15.1. The average Bonchev–Trinajstić information content (AvgIpc) is 3.57. The molecule has 9 rings (SSSR count). The monoisotopic (exact) mass is 509 g/mol. The van der Waals surface area contributed by atoms with E-state index in [1.807, 2.05) is 6.07 Å². The van der Waals surface area contributed by atoms with Crippen molar-refractivity contribution in [3.05, 3.63) is 140 Å². The van der Waals surface area contributed by atoms with Crippen LogP contribution in [0.15, 0.2) is 140 Å². The van der Waals surface area contributed by atoms with E-state index in [1.165, 1.54) is 48.9 Å². The maximum Gasteiger partial charge on any atom is 0.138 e. The lowest BCUT2D eigenvalue weighted by molar-refractivity contribution is 1.08. The maximum atomic E-state index is 5.17. The van der Waals surface area contributed by atoms with Gasteiger partial charge in [0.05, 0.1) is 33.3 Å². The van der Waals surface area contributed by atoms with Crippen molar-refractivity contribution in [2.45, 2.75) is 0 Å². The third-order valence-electron chi connectivity index (χ3n) is 8.27. The van der Waals surface area contributed by atoms with Gasteiger partial charge in [-0.05, 0) is 47.9 Å². The molecule has 3 heteroatoms. The van der Waals surface area contributed by atoms with Crippen LogP contribution in [0.1, 0.15) is 0 Å². The first-order valence-corrected chi connectivity index (χ1v) is 13.7. The summed E-state index contributed by atoms with van der Waals surface area (Å²) < 4.78 is 4.76. The Kier molecular flexibility index (Phi) is 4.33. The van der Waals surface area contributed by atoms with Gasteiger partial charge >= 0.3 is 0 Å². The summed E-state index contributed by atoms with van der Waals surface area (Å²) in [7, 11) is 0. The van der Waals surface area contributed by atoms with Crippen LogP contribution in [0, 0.1) is 0 Å². The summed E-state index contributed by atoms with van der Waals surface area (Å²) in [6, 6.07) is 49.9. The highest BCUT2D eigenvalue weighted by Gasteiger charge is 2.18. The van der Waals surface area contributed by atoms with Crippen LogP contribution in [0.5, 0.6) is 0 Å². The van der Waals surface area contributed by atoms with Crippen molar-refractivity contribution in [1.29, 1.82) is 0 Å². The second-order valence-electron chi connectivity index (χ2n) is 10.5. The Morgan fingerprint density at radius 3 is 1.88 bits per heavy atom. The lowest BCUT2D eigenvalue weighted by Crippen LogP contribution is -1.99. The summed E-state index contributed by atoms with van der Waals surface area (Å²) in [6.07, 6.45) is 0. The Labute approximate surface area is 230 Å². The van der Waals surface area contributed by atoms with Gasteiger partial charge in [-0.15, -0.1) is 0 Å². The second-order valence-corrected chi connectivity index (χ2v) is 10.5. The highest BCUT2D eigenvalue weighted by molar-refractivity contribution is 6.21. The molecular weight excluding hydrogens is 486 g/mol. The molecule has 0 bridgehead atoms. The van der Waals surface area contributed by atoms with Crippen molar-refractivity contribution in [1.82, 2.24) is 14.0 Å². The van der Waals surface area contributed by atoms with E-state index in [9.17, 15) is 0 Å². The van der Waals surface area contributed by atoms with E-state index < -0.39 is 0 Å². The van der Waals surface area contributed by atoms with E-state index >= 15 is 0 Å². The SMILES string of the molecule is c1ccc(-c2cccc(-n3c4ccccc4c4cc5c(cc43)c3ccccc3c3cc4ccccc4n35)n2)cc1. The molecule has 9 aromatic rings. The predicted octanol–water partition coefficient (Wildman–Crippen LogP) is 9.56. The van der Waals surface area contributed by atoms with Gasteiger partial charge in [0.25, 0.3) is 0 Å². The fourth-order valence-corrected chi connectivity index (χ4v) is 6.52. The van der Waals surface area contributed by atoms with Crippen LogP contribution >= 0.6 is 0 Å². The quantitative estimate of drug-likeness (QED) is 0.213. The van der Waals surface area contributed by atoms with Gasteiger partial charge in [0.2, 0.25) is 0 Å². The van der Waals surface area contributed by atoms with Gasteiger partial charge < -0.3 is 4.40 Å². The van der Waals surface area contributed by atoms with Gasteiger partial charge in [0, 0.05) is 32.5 Å². The number of nitrogens with zero attached hydrogens (tertiary/aromatic N) is 3. The van der Waals surface area contributed by atoms with Crippen molar-refractivity contribution >= 4 is 59.9 Å². The van der Waals surface area contributed by atoms with Crippen molar-refractivity contribution in [3.8, 4) is 17.1 Å². The van der Waals surface area contributed by atoms with Crippen LogP contribution in [-0.2, 0) is 0 Å². The van der Waals surface area contributed by atoms with Crippen molar-refractivity contribution in [2.24, 2.45) is 0 Å². The van der Waals surface area contributed by atoms with Crippen molar-refractivity contribution in [3.63, 3.8) is 0 Å². The minimum atomic E-state index is 0.920. The molecule has 5 aromatic carbocycles. The van der Waals surface area contributed by atoms with Crippen LogP contribution in [-0.4, -0.2) is 14.0 Å². The van der Waals surface area contributed by atoms with Gasteiger partial charge in [-0.2, -0.15) is 0 Å². The average molecular weight is 510 g/mol. The normalized spacial score (nSPS) is 12.0. The van der Waals surface area contributed by atoms with Gasteiger partial charge in [0.15, 0.2) is 0 Å². The number of fused-ring (bicyclic) bond motifs is 11. The summed E-state index contributed by atoms with van der Waals surface area (Å²) in [5, 5.41) is 7.47. The summed E-state index contributed by atoms with van der Waals surface area (Å²) in [4.78, 5) is 5.17. The van der Waals surface area contributed by atoms with E-state index in [2.05, 4.69) is 142 Å². The molecule has 0 amide bonds. The zero-order valence-corrected chi connectivity index (χ0v) is 21.6. The van der Waals surface area contributed by atoms with Crippen molar-refractivity contribution < 1.29 is 0 Å². The summed E-state index contributed by atoms with van der Waals surface area (Å²) in [6.45, 7) is 0. The van der Waals surface area contributed by atoms with E-state index in [-0.39, 0.29) is 0 Å². The third kappa shape index (κ3) is 2.92. The maximum absolute atomic E-state index is 5.17. The molecule has 4 aromatic heterocycles.